The molecule has 0 spiro atoms. The molecule has 56 heavy (non-hydrogen) atoms. The fourth-order valence-electron chi connectivity index (χ4n) is 8.85. The normalized spacial score (nSPS) is 22.9. The Bertz CT molecular complexity index is 2290. The third kappa shape index (κ3) is 6.38. The first kappa shape index (κ1) is 38.2. The number of thiophene rings is 1. The van der Waals surface area contributed by atoms with Gasteiger partial charge in [0, 0.05) is 62.5 Å². The number of likely N-dealkylation sites (tertiary alicyclic amines) is 1. The van der Waals surface area contributed by atoms with Gasteiger partial charge < -0.3 is 25.2 Å². The molecule has 2 aromatic heterocycles. The van der Waals surface area contributed by atoms with E-state index in [9.17, 15) is 14.4 Å². The predicted molar refractivity (Wildman–Crippen MR) is 193 cm³/mol. The molecule has 1 aliphatic carbocycles. The standard InChI is InChI=1S/C37H36F8N8O2S/c1-50(2)34(54)51-11-8-20(16-51)53(19-4-5-19)32-22-12-24(36(40,41)42)27(21-6-7-25(39)30-26(21)23(14-46)31(47)56-30)28(37(43,44)45)29(22)48-33(49-32)55-17-35-9-3-10-52(35)15-18(38)13-35/h6-7,12,18-20H,3-5,8-11,13,15-17,47H2,1-2H3/t18-,20+,35+/m1/s1. The summed E-state index contributed by atoms with van der Waals surface area (Å²) in [5.41, 5.74) is -1.73. The summed E-state index contributed by atoms with van der Waals surface area (Å²) < 4.78 is 129. The number of benzene rings is 2. The highest BCUT2D eigenvalue weighted by atomic mass is 32.1. The first-order valence-corrected chi connectivity index (χ1v) is 18.9. The molecule has 19 heteroatoms. The Balaban J connectivity index is 1.41. The molecule has 298 valence electrons. The van der Waals surface area contributed by atoms with Crippen LogP contribution in [0.1, 0.15) is 55.2 Å². The lowest BCUT2D eigenvalue weighted by Crippen LogP contribution is -2.44. The monoisotopic (exact) mass is 808 g/mol. The number of carbonyl (C=O) groups is 1. The van der Waals surface area contributed by atoms with E-state index < -0.39 is 86.0 Å². The fraction of sp³-hybridized carbons (Fsp3) is 0.514. The molecule has 4 aliphatic rings. The minimum atomic E-state index is -5.51. The molecule has 0 unspecified atom stereocenters. The summed E-state index contributed by atoms with van der Waals surface area (Å²) in [5.74, 6) is -1.21. The highest BCUT2D eigenvalue weighted by molar-refractivity contribution is 7.23. The third-order valence-electron chi connectivity index (χ3n) is 11.4. The Hall–Kier alpha value is -4.70. The molecule has 2 amide bonds. The van der Waals surface area contributed by atoms with E-state index in [0.717, 1.165) is 18.6 Å². The predicted octanol–water partition coefficient (Wildman–Crippen LogP) is 7.82. The molecule has 3 aliphatic heterocycles. The van der Waals surface area contributed by atoms with Crippen LogP contribution in [0.15, 0.2) is 18.2 Å². The average molecular weight is 809 g/mol. The molecule has 0 bridgehead atoms. The van der Waals surface area contributed by atoms with Crippen molar-refractivity contribution in [1.82, 2.24) is 24.7 Å². The maximum Gasteiger partial charge on any atom is 0.419 e. The second-order valence-electron chi connectivity index (χ2n) is 15.2. The lowest BCUT2D eigenvalue weighted by Gasteiger charge is -2.33. The molecular weight excluding hydrogens is 773 g/mol. The molecular formula is C37H36F8N8O2S. The number of nitrogens with zero attached hydrogens (tertiary/aromatic N) is 7. The molecule has 0 radical (unpaired) electrons. The summed E-state index contributed by atoms with van der Waals surface area (Å²) in [4.78, 5) is 28.3. The number of aromatic nitrogens is 2. The Morgan fingerprint density at radius 1 is 1.09 bits per heavy atom. The molecule has 5 heterocycles. The zero-order valence-corrected chi connectivity index (χ0v) is 31.0. The molecule has 8 rings (SSSR count). The number of urea groups is 1. The van der Waals surface area contributed by atoms with Crippen LogP contribution in [-0.4, -0.2) is 101 Å². The van der Waals surface area contributed by atoms with E-state index >= 15 is 30.7 Å². The van der Waals surface area contributed by atoms with Gasteiger partial charge in [-0.15, -0.1) is 11.3 Å². The molecule has 2 N–H and O–H groups in total. The average Bonchev–Trinajstić information content (AvgIpc) is 3.39. The first-order chi connectivity index (χ1) is 26.4. The van der Waals surface area contributed by atoms with Crippen molar-refractivity contribution in [3.63, 3.8) is 0 Å². The number of nitrogen functional groups attached to an aromatic ring is 1. The number of rotatable bonds is 7. The van der Waals surface area contributed by atoms with Crippen molar-refractivity contribution in [2.45, 2.75) is 74.7 Å². The minimum absolute atomic E-state index is 0.123. The van der Waals surface area contributed by atoms with Gasteiger partial charge in [0.15, 0.2) is 0 Å². The van der Waals surface area contributed by atoms with Gasteiger partial charge in [-0.25, -0.2) is 13.6 Å². The van der Waals surface area contributed by atoms with E-state index in [0.29, 0.717) is 49.6 Å². The Labute approximate surface area is 319 Å². The topological polar surface area (TPSA) is 115 Å². The van der Waals surface area contributed by atoms with Gasteiger partial charge in [-0.1, -0.05) is 6.07 Å². The van der Waals surface area contributed by atoms with Crippen molar-refractivity contribution >= 4 is 49.2 Å². The Morgan fingerprint density at radius 2 is 1.84 bits per heavy atom. The maximum absolute atomic E-state index is 15.8. The van der Waals surface area contributed by atoms with Gasteiger partial charge in [-0.3, -0.25) is 4.90 Å². The summed E-state index contributed by atoms with van der Waals surface area (Å²) in [7, 11) is 3.15. The second kappa shape index (κ2) is 13.5. The van der Waals surface area contributed by atoms with Crippen molar-refractivity contribution in [1.29, 1.82) is 5.26 Å². The molecule has 4 fully saturated rings. The van der Waals surface area contributed by atoms with Gasteiger partial charge in [0.1, 0.15) is 35.5 Å². The number of hydrogen-bond donors (Lipinski definition) is 1. The van der Waals surface area contributed by atoms with Crippen molar-refractivity contribution in [3.05, 3.63) is 40.7 Å². The summed E-state index contributed by atoms with van der Waals surface area (Å²) in [6.07, 6.45) is -9.16. The number of carbonyl (C=O) groups excluding carboxylic acids is 1. The van der Waals surface area contributed by atoms with Crippen LogP contribution in [0, 0.1) is 17.1 Å². The molecule has 3 saturated heterocycles. The second-order valence-corrected chi connectivity index (χ2v) is 16.3. The fourth-order valence-corrected chi connectivity index (χ4v) is 9.80. The lowest BCUT2D eigenvalue weighted by molar-refractivity contribution is -0.141. The molecule has 4 aromatic rings. The van der Waals surface area contributed by atoms with Crippen LogP contribution in [0.4, 0.5) is 50.7 Å². The van der Waals surface area contributed by atoms with Crippen LogP contribution in [0.3, 0.4) is 0 Å². The first-order valence-electron chi connectivity index (χ1n) is 18.1. The number of nitriles is 1. The van der Waals surface area contributed by atoms with E-state index in [1.807, 2.05) is 4.90 Å². The highest BCUT2D eigenvalue weighted by Gasteiger charge is 2.50. The number of anilines is 2. The maximum atomic E-state index is 15.8. The minimum Gasteiger partial charge on any atom is -0.461 e. The Morgan fingerprint density at radius 3 is 2.50 bits per heavy atom. The summed E-state index contributed by atoms with van der Waals surface area (Å²) in [5, 5.41) is 8.59. The number of amides is 2. The molecule has 10 nitrogen and oxygen atoms in total. The quantitative estimate of drug-likeness (QED) is 0.188. The van der Waals surface area contributed by atoms with Crippen LogP contribution in [0.25, 0.3) is 32.1 Å². The van der Waals surface area contributed by atoms with E-state index in [4.69, 9.17) is 10.5 Å². The number of ether oxygens (including phenoxy) is 1. The molecule has 2 aromatic carbocycles. The van der Waals surface area contributed by atoms with Crippen LogP contribution in [0.5, 0.6) is 6.01 Å². The van der Waals surface area contributed by atoms with E-state index in [2.05, 4.69) is 9.97 Å². The number of halogens is 8. The van der Waals surface area contributed by atoms with Crippen LogP contribution in [0.2, 0.25) is 0 Å². The van der Waals surface area contributed by atoms with Crippen molar-refractivity contribution in [2.24, 2.45) is 0 Å². The van der Waals surface area contributed by atoms with Crippen molar-refractivity contribution in [3.8, 4) is 23.2 Å². The van der Waals surface area contributed by atoms with E-state index in [-0.39, 0.29) is 60.3 Å². The number of hydrogen-bond acceptors (Lipinski definition) is 9. The van der Waals surface area contributed by atoms with Crippen LogP contribution in [-0.2, 0) is 12.4 Å². The smallest absolute Gasteiger partial charge is 0.419 e. The summed E-state index contributed by atoms with van der Waals surface area (Å²) in [6.45, 7) is 1.00. The van der Waals surface area contributed by atoms with Crippen LogP contribution >= 0.6 is 11.3 Å². The number of nitrogens with two attached hydrogens (primary N) is 1. The number of fused-ring (bicyclic) bond motifs is 3. The van der Waals surface area contributed by atoms with Gasteiger partial charge in [0.25, 0.3) is 0 Å². The molecule has 3 atom stereocenters. The third-order valence-corrected chi connectivity index (χ3v) is 12.4. The zero-order valence-electron chi connectivity index (χ0n) is 30.2. The lowest BCUT2D eigenvalue weighted by atomic mass is 9.88. The van der Waals surface area contributed by atoms with Crippen molar-refractivity contribution < 1.29 is 44.7 Å². The molecule has 1 saturated carbocycles. The van der Waals surface area contributed by atoms with Crippen LogP contribution < -0.4 is 15.4 Å². The summed E-state index contributed by atoms with van der Waals surface area (Å²) >= 11 is 0.536. The zero-order chi connectivity index (χ0) is 40.1. The van der Waals surface area contributed by atoms with Gasteiger partial charge in [0.05, 0.1) is 38.5 Å². The summed E-state index contributed by atoms with van der Waals surface area (Å²) in [6, 6.07) is 2.11. The van der Waals surface area contributed by atoms with Crippen molar-refractivity contribution in [2.75, 3.05) is 57.5 Å². The number of alkyl halides is 7. The van der Waals surface area contributed by atoms with Gasteiger partial charge in [-0.2, -0.15) is 41.6 Å². The van der Waals surface area contributed by atoms with Gasteiger partial charge in [-0.05, 0) is 56.3 Å². The highest BCUT2D eigenvalue weighted by Crippen LogP contribution is 2.53. The van der Waals surface area contributed by atoms with E-state index in [1.165, 1.54) is 4.90 Å². The van der Waals surface area contributed by atoms with Gasteiger partial charge >= 0.3 is 24.4 Å². The SMILES string of the molecule is CN(C)C(=O)N1CC[C@H](N(c2nc(OC[C@@]34CCCN3C[C@H](F)C4)nc3c(C(F)(F)F)c(-c4ccc(F)c5sc(N)c(C#N)c45)c(C(F)(F)F)cc23)C2CC2)C1. The Kier molecular flexibility index (Phi) is 9.18. The van der Waals surface area contributed by atoms with Gasteiger partial charge in [0.2, 0.25) is 0 Å². The van der Waals surface area contributed by atoms with E-state index in [1.54, 1.807) is 30.0 Å². The largest absolute Gasteiger partial charge is 0.461 e.